The molecular formula is C45H88NO8P. The largest absolute Gasteiger partial charge is 0.756 e. The number of phosphoric ester groups is 1. The van der Waals surface area contributed by atoms with Crippen molar-refractivity contribution < 1.29 is 42.1 Å². The second-order valence-corrected chi connectivity index (χ2v) is 18.2. The number of unbranched alkanes of at least 4 members (excludes halogenated alkanes) is 26. The molecule has 0 saturated heterocycles. The molecule has 0 spiro atoms. The number of nitrogens with zero attached hydrogens (tertiary/aromatic N) is 1. The van der Waals surface area contributed by atoms with Crippen LogP contribution in [0.25, 0.3) is 0 Å². The van der Waals surface area contributed by atoms with Crippen LogP contribution in [0.15, 0.2) is 12.2 Å². The predicted octanol–water partition coefficient (Wildman–Crippen LogP) is 12.3. The summed E-state index contributed by atoms with van der Waals surface area (Å²) >= 11 is 0. The lowest BCUT2D eigenvalue weighted by molar-refractivity contribution is -0.870. The van der Waals surface area contributed by atoms with Gasteiger partial charge in [-0.05, 0) is 38.5 Å². The van der Waals surface area contributed by atoms with E-state index < -0.39 is 26.5 Å². The summed E-state index contributed by atoms with van der Waals surface area (Å²) in [6.45, 7) is 4.24. The van der Waals surface area contributed by atoms with Crippen molar-refractivity contribution in [2.45, 2.75) is 219 Å². The molecule has 0 aliphatic rings. The average Bonchev–Trinajstić information content (AvgIpc) is 3.13. The summed E-state index contributed by atoms with van der Waals surface area (Å²) in [6, 6.07) is 0. The molecule has 0 bridgehead atoms. The van der Waals surface area contributed by atoms with E-state index in [1.165, 1.54) is 141 Å². The number of allylic oxidation sites excluding steroid dienone is 2. The van der Waals surface area contributed by atoms with Gasteiger partial charge in [0.05, 0.1) is 27.7 Å². The van der Waals surface area contributed by atoms with Crippen molar-refractivity contribution in [2.75, 3.05) is 47.5 Å². The summed E-state index contributed by atoms with van der Waals surface area (Å²) in [5.41, 5.74) is 0. The summed E-state index contributed by atoms with van der Waals surface area (Å²) in [5.74, 6) is -0.826. The van der Waals surface area contributed by atoms with E-state index in [-0.39, 0.29) is 32.0 Å². The normalized spacial score (nSPS) is 13.6. The topological polar surface area (TPSA) is 111 Å². The van der Waals surface area contributed by atoms with Crippen LogP contribution < -0.4 is 4.89 Å². The van der Waals surface area contributed by atoms with Crippen molar-refractivity contribution in [3.8, 4) is 0 Å². The maximum atomic E-state index is 12.7. The van der Waals surface area contributed by atoms with Crippen molar-refractivity contribution in [1.82, 2.24) is 0 Å². The Labute approximate surface area is 339 Å². The fraction of sp³-hybridized carbons (Fsp3) is 0.911. The molecule has 0 aromatic heterocycles. The Hall–Kier alpha value is -1.25. The molecule has 326 valence electrons. The average molecular weight is 802 g/mol. The Balaban J connectivity index is 4.31. The first-order chi connectivity index (χ1) is 26.5. The van der Waals surface area contributed by atoms with E-state index in [4.69, 9.17) is 18.5 Å². The molecule has 9 nitrogen and oxygen atoms in total. The third-order valence-corrected chi connectivity index (χ3v) is 11.0. The van der Waals surface area contributed by atoms with Gasteiger partial charge in [0, 0.05) is 12.8 Å². The quantitative estimate of drug-likeness (QED) is 0.0197. The highest BCUT2D eigenvalue weighted by molar-refractivity contribution is 7.45. The van der Waals surface area contributed by atoms with E-state index in [2.05, 4.69) is 26.0 Å². The molecular weight excluding hydrogens is 713 g/mol. The zero-order chi connectivity index (χ0) is 40.7. The molecule has 0 aliphatic heterocycles. The maximum absolute atomic E-state index is 12.7. The Morgan fingerprint density at radius 2 is 0.927 bits per heavy atom. The number of hydrogen-bond donors (Lipinski definition) is 0. The molecule has 0 N–H and O–H groups in total. The second-order valence-electron chi connectivity index (χ2n) is 16.8. The zero-order valence-corrected chi connectivity index (χ0v) is 37.5. The number of esters is 2. The maximum Gasteiger partial charge on any atom is 0.306 e. The van der Waals surface area contributed by atoms with Gasteiger partial charge in [0.2, 0.25) is 0 Å². The molecule has 55 heavy (non-hydrogen) atoms. The first-order valence-electron chi connectivity index (χ1n) is 22.9. The van der Waals surface area contributed by atoms with Gasteiger partial charge < -0.3 is 27.9 Å². The standard InChI is InChI=1S/C45H88NO8P/c1-6-8-10-12-14-16-18-20-22-23-24-26-28-30-32-34-36-38-45(48)54-43(42-53-55(49,50)52-40-39-46(3,4)5)41-51-44(47)37-35-33-31-29-27-25-21-19-17-15-13-11-9-7-2/h16,18,43H,6-15,17,19-42H2,1-5H3/b18-16+/t43-/m1/s1. The van der Waals surface area contributed by atoms with Crippen molar-refractivity contribution in [3.05, 3.63) is 12.2 Å². The van der Waals surface area contributed by atoms with Gasteiger partial charge >= 0.3 is 11.9 Å². The summed E-state index contributed by atoms with van der Waals surface area (Å²) in [7, 11) is 1.17. The van der Waals surface area contributed by atoms with Crippen LogP contribution in [0, 0.1) is 0 Å². The van der Waals surface area contributed by atoms with Crippen LogP contribution >= 0.6 is 7.82 Å². The molecule has 0 radical (unpaired) electrons. The first-order valence-corrected chi connectivity index (χ1v) is 24.4. The van der Waals surface area contributed by atoms with Crippen LogP contribution in [-0.4, -0.2) is 70.0 Å². The highest BCUT2D eigenvalue weighted by Crippen LogP contribution is 2.38. The van der Waals surface area contributed by atoms with Crippen LogP contribution in [0.1, 0.15) is 213 Å². The van der Waals surface area contributed by atoms with Gasteiger partial charge in [-0.1, -0.05) is 174 Å². The lowest BCUT2D eigenvalue weighted by Crippen LogP contribution is -2.37. The van der Waals surface area contributed by atoms with Gasteiger partial charge in [-0.15, -0.1) is 0 Å². The number of likely N-dealkylation sites (N-methyl/N-ethyl adjacent to an activating group) is 1. The van der Waals surface area contributed by atoms with E-state index in [9.17, 15) is 19.0 Å². The molecule has 0 aliphatic carbocycles. The number of carbonyl (C=O) groups excluding carboxylic acids is 2. The third-order valence-electron chi connectivity index (χ3n) is 10.0. The lowest BCUT2D eigenvalue weighted by atomic mass is 10.0. The molecule has 0 aromatic carbocycles. The van der Waals surface area contributed by atoms with Crippen molar-refractivity contribution in [3.63, 3.8) is 0 Å². The van der Waals surface area contributed by atoms with Crippen molar-refractivity contribution in [1.29, 1.82) is 0 Å². The second kappa shape index (κ2) is 38.3. The van der Waals surface area contributed by atoms with Gasteiger partial charge in [0.25, 0.3) is 7.82 Å². The van der Waals surface area contributed by atoms with Crippen LogP contribution in [0.4, 0.5) is 0 Å². The van der Waals surface area contributed by atoms with E-state index in [1.54, 1.807) is 0 Å². The van der Waals surface area contributed by atoms with Gasteiger partial charge in [-0.2, -0.15) is 0 Å². The van der Waals surface area contributed by atoms with Gasteiger partial charge in [-0.25, -0.2) is 0 Å². The van der Waals surface area contributed by atoms with Crippen molar-refractivity contribution in [2.24, 2.45) is 0 Å². The fourth-order valence-electron chi connectivity index (χ4n) is 6.41. The lowest BCUT2D eigenvalue weighted by Gasteiger charge is -2.28. The summed E-state index contributed by atoms with van der Waals surface area (Å²) in [4.78, 5) is 37.5. The van der Waals surface area contributed by atoms with Crippen LogP contribution in [0.3, 0.4) is 0 Å². The number of carbonyl (C=O) groups is 2. The molecule has 0 amide bonds. The number of hydrogen-bond acceptors (Lipinski definition) is 8. The summed E-state index contributed by atoms with van der Waals surface area (Å²) < 4.78 is 33.9. The van der Waals surface area contributed by atoms with Crippen molar-refractivity contribution >= 4 is 19.8 Å². The van der Waals surface area contributed by atoms with Gasteiger partial charge in [-0.3, -0.25) is 14.2 Å². The molecule has 0 heterocycles. The molecule has 0 fully saturated rings. The summed E-state index contributed by atoms with van der Waals surface area (Å²) in [5, 5.41) is 0. The number of phosphoric acid groups is 1. The monoisotopic (exact) mass is 802 g/mol. The minimum absolute atomic E-state index is 0.0280. The fourth-order valence-corrected chi connectivity index (χ4v) is 7.14. The predicted molar refractivity (Wildman–Crippen MR) is 227 cm³/mol. The Morgan fingerprint density at radius 3 is 1.36 bits per heavy atom. The van der Waals surface area contributed by atoms with E-state index in [0.717, 1.165) is 38.5 Å². The highest BCUT2D eigenvalue weighted by atomic mass is 31.2. The molecule has 0 rings (SSSR count). The molecule has 10 heteroatoms. The number of rotatable bonds is 42. The molecule has 1 unspecified atom stereocenters. The number of quaternary nitrogens is 1. The minimum Gasteiger partial charge on any atom is -0.756 e. The molecule has 0 saturated carbocycles. The van der Waals surface area contributed by atoms with Gasteiger partial charge in [0.1, 0.15) is 19.8 Å². The van der Waals surface area contributed by atoms with E-state index in [1.807, 2.05) is 21.1 Å². The third kappa shape index (κ3) is 42.2. The Kier molecular flexibility index (Phi) is 37.4. The highest BCUT2D eigenvalue weighted by Gasteiger charge is 2.21. The SMILES string of the molecule is CCCCCC/C=C/CCCCCCCCCCCC(=O)O[C@H](COC(=O)CCCCCCCCCCCCCCCC)COP(=O)([O-])OCC[N+](C)(C)C. The van der Waals surface area contributed by atoms with E-state index >= 15 is 0 Å². The first kappa shape index (κ1) is 53.8. The Morgan fingerprint density at radius 1 is 0.545 bits per heavy atom. The zero-order valence-electron chi connectivity index (χ0n) is 36.6. The Bertz CT molecular complexity index is 954. The van der Waals surface area contributed by atoms with Gasteiger partial charge in [0.15, 0.2) is 6.10 Å². The molecule has 0 aromatic rings. The van der Waals surface area contributed by atoms with Crippen LogP contribution in [-0.2, 0) is 32.7 Å². The van der Waals surface area contributed by atoms with E-state index in [0.29, 0.717) is 17.4 Å². The minimum atomic E-state index is -4.62. The smallest absolute Gasteiger partial charge is 0.306 e. The van der Waals surface area contributed by atoms with Crippen LogP contribution in [0.2, 0.25) is 0 Å². The summed E-state index contributed by atoms with van der Waals surface area (Å²) in [6.07, 6.45) is 39.4. The number of ether oxygens (including phenoxy) is 2. The van der Waals surface area contributed by atoms with Crippen LogP contribution in [0.5, 0.6) is 0 Å². The molecule has 2 atom stereocenters.